The molecular weight excluding hydrogens is 410 g/mol. The Labute approximate surface area is 188 Å². The highest BCUT2D eigenvalue weighted by atomic mass is 16.5. The molecule has 1 fully saturated rings. The number of nitrogens with zero attached hydrogens (tertiary/aromatic N) is 2. The molecule has 32 heavy (non-hydrogen) atoms. The van der Waals surface area contributed by atoms with Crippen molar-refractivity contribution in [2.75, 3.05) is 56.2 Å². The number of morpholine rings is 1. The van der Waals surface area contributed by atoms with Crippen LogP contribution in [0.4, 0.5) is 11.4 Å². The lowest BCUT2D eigenvalue weighted by Gasteiger charge is -2.35. The molecule has 2 aromatic rings. The Bertz CT molecular complexity index is 957. The summed E-state index contributed by atoms with van der Waals surface area (Å²) in [6, 6.07) is 12.9. The largest absolute Gasteiger partial charge is 0.484 e. The monoisotopic (exact) mass is 439 g/mol. The Morgan fingerprint density at radius 3 is 2.62 bits per heavy atom. The van der Waals surface area contributed by atoms with Crippen LogP contribution in [0.25, 0.3) is 0 Å². The van der Waals surface area contributed by atoms with E-state index in [1.54, 1.807) is 30.0 Å². The third kappa shape index (κ3) is 5.38. The van der Waals surface area contributed by atoms with E-state index in [9.17, 15) is 9.59 Å². The molecule has 2 heterocycles. The molecule has 4 rings (SSSR count). The number of benzene rings is 2. The van der Waals surface area contributed by atoms with Crippen molar-refractivity contribution in [3.8, 4) is 11.5 Å². The van der Waals surface area contributed by atoms with E-state index in [0.29, 0.717) is 42.6 Å². The average molecular weight is 440 g/mol. The van der Waals surface area contributed by atoms with E-state index in [4.69, 9.17) is 14.2 Å². The molecular formula is C24H29N3O5. The first kappa shape index (κ1) is 22.1. The van der Waals surface area contributed by atoms with Crippen LogP contribution < -0.4 is 19.7 Å². The molecule has 2 amide bonds. The summed E-state index contributed by atoms with van der Waals surface area (Å²) in [6.07, 6.45) is -0.546. The second-order valence-electron chi connectivity index (χ2n) is 8.04. The molecule has 8 nitrogen and oxygen atoms in total. The van der Waals surface area contributed by atoms with Crippen molar-refractivity contribution in [3.63, 3.8) is 0 Å². The normalized spacial score (nSPS) is 18.6. The Balaban J connectivity index is 1.41. The maximum atomic E-state index is 12.8. The van der Waals surface area contributed by atoms with Crippen molar-refractivity contribution in [3.05, 3.63) is 48.0 Å². The van der Waals surface area contributed by atoms with Gasteiger partial charge in [0.05, 0.1) is 18.9 Å². The second-order valence-corrected chi connectivity index (χ2v) is 8.04. The number of nitrogens with one attached hydrogen (secondary N) is 1. The van der Waals surface area contributed by atoms with Gasteiger partial charge < -0.3 is 24.4 Å². The standard InChI is InChI=1S/C24H29N3O5/c1-17-3-6-20(7-4-17)31-16-23(28)25-19-5-8-22-21(15-19)27(24(29)18(2)32-22)10-9-26-11-13-30-14-12-26/h3-8,15,18H,9-14,16H2,1-2H3,(H,25,28). The molecule has 0 aliphatic carbocycles. The summed E-state index contributed by atoms with van der Waals surface area (Å²) in [6.45, 7) is 8.09. The summed E-state index contributed by atoms with van der Waals surface area (Å²) in [7, 11) is 0. The van der Waals surface area contributed by atoms with Gasteiger partial charge in [-0.3, -0.25) is 14.5 Å². The molecule has 0 bridgehead atoms. The summed E-state index contributed by atoms with van der Waals surface area (Å²) in [5, 5.41) is 2.84. The summed E-state index contributed by atoms with van der Waals surface area (Å²) in [5.41, 5.74) is 2.38. The predicted molar refractivity (Wildman–Crippen MR) is 121 cm³/mol. The maximum Gasteiger partial charge on any atom is 0.267 e. The van der Waals surface area contributed by atoms with Crippen molar-refractivity contribution in [1.29, 1.82) is 0 Å². The molecule has 0 aromatic heterocycles. The number of hydrogen-bond acceptors (Lipinski definition) is 6. The smallest absolute Gasteiger partial charge is 0.267 e. The van der Waals surface area contributed by atoms with Crippen LogP contribution in [-0.2, 0) is 14.3 Å². The van der Waals surface area contributed by atoms with Crippen molar-refractivity contribution in [2.24, 2.45) is 0 Å². The summed E-state index contributed by atoms with van der Waals surface area (Å²) in [4.78, 5) is 29.2. The Kier molecular flexibility index (Phi) is 6.92. The first-order valence-electron chi connectivity index (χ1n) is 10.9. The fourth-order valence-corrected chi connectivity index (χ4v) is 3.76. The third-order valence-electron chi connectivity index (χ3n) is 5.59. The number of carbonyl (C=O) groups is 2. The zero-order valence-corrected chi connectivity index (χ0v) is 18.5. The fraction of sp³-hybridized carbons (Fsp3) is 0.417. The van der Waals surface area contributed by atoms with E-state index in [1.807, 2.05) is 31.2 Å². The minimum Gasteiger partial charge on any atom is -0.484 e. The van der Waals surface area contributed by atoms with Crippen molar-refractivity contribution < 1.29 is 23.8 Å². The lowest BCUT2D eigenvalue weighted by molar-refractivity contribution is -0.125. The SMILES string of the molecule is Cc1ccc(OCC(=O)Nc2ccc3c(c2)N(CCN2CCOCC2)C(=O)C(C)O3)cc1. The molecule has 1 saturated heterocycles. The molecule has 1 unspecified atom stereocenters. The van der Waals surface area contributed by atoms with E-state index in [1.165, 1.54) is 0 Å². The van der Waals surface area contributed by atoms with E-state index in [-0.39, 0.29) is 18.4 Å². The van der Waals surface area contributed by atoms with E-state index < -0.39 is 6.10 Å². The Morgan fingerprint density at radius 2 is 1.88 bits per heavy atom. The van der Waals surface area contributed by atoms with Gasteiger partial charge in [-0.2, -0.15) is 0 Å². The average Bonchev–Trinajstić information content (AvgIpc) is 2.80. The predicted octanol–water partition coefficient (Wildman–Crippen LogP) is 2.46. The highest BCUT2D eigenvalue weighted by Crippen LogP contribution is 2.36. The number of hydrogen-bond donors (Lipinski definition) is 1. The molecule has 1 N–H and O–H groups in total. The molecule has 0 radical (unpaired) electrons. The highest BCUT2D eigenvalue weighted by Gasteiger charge is 2.32. The molecule has 2 aliphatic rings. The number of ether oxygens (including phenoxy) is 3. The number of anilines is 2. The second kappa shape index (κ2) is 10.0. The van der Waals surface area contributed by atoms with Crippen LogP contribution in [-0.4, -0.2) is 68.8 Å². The van der Waals surface area contributed by atoms with Crippen LogP contribution >= 0.6 is 0 Å². The number of amides is 2. The van der Waals surface area contributed by atoms with Gasteiger partial charge in [0.15, 0.2) is 12.7 Å². The van der Waals surface area contributed by atoms with Gasteiger partial charge in [0.25, 0.3) is 11.8 Å². The van der Waals surface area contributed by atoms with Crippen LogP contribution in [0.2, 0.25) is 0 Å². The van der Waals surface area contributed by atoms with Crippen LogP contribution in [0.1, 0.15) is 12.5 Å². The molecule has 170 valence electrons. The van der Waals surface area contributed by atoms with Crippen LogP contribution in [0, 0.1) is 6.92 Å². The minimum atomic E-state index is -0.546. The highest BCUT2D eigenvalue weighted by molar-refractivity contribution is 6.01. The van der Waals surface area contributed by atoms with Gasteiger partial charge in [-0.1, -0.05) is 17.7 Å². The molecule has 1 atom stereocenters. The Morgan fingerprint density at radius 1 is 1.12 bits per heavy atom. The van der Waals surface area contributed by atoms with Gasteiger partial charge in [0.2, 0.25) is 0 Å². The number of rotatable bonds is 7. The van der Waals surface area contributed by atoms with Crippen molar-refractivity contribution >= 4 is 23.2 Å². The lowest BCUT2D eigenvalue weighted by Crippen LogP contribution is -2.48. The molecule has 2 aromatic carbocycles. The van der Waals surface area contributed by atoms with Crippen molar-refractivity contribution in [2.45, 2.75) is 20.0 Å². The number of fused-ring (bicyclic) bond motifs is 1. The lowest BCUT2D eigenvalue weighted by atomic mass is 10.1. The van der Waals surface area contributed by atoms with Gasteiger partial charge in [-0.25, -0.2) is 0 Å². The third-order valence-corrected chi connectivity index (χ3v) is 5.59. The van der Waals surface area contributed by atoms with Gasteiger partial charge in [0.1, 0.15) is 11.5 Å². The van der Waals surface area contributed by atoms with Gasteiger partial charge in [-0.05, 0) is 44.2 Å². The van der Waals surface area contributed by atoms with E-state index in [2.05, 4.69) is 10.2 Å². The van der Waals surface area contributed by atoms with E-state index in [0.717, 1.165) is 25.2 Å². The van der Waals surface area contributed by atoms with Gasteiger partial charge in [0, 0.05) is 31.9 Å². The topological polar surface area (TPSA) is 80.3 Å². The zero-order chi connectivity index (χ0) is 22.5. The fourth-order valence-electron chi connectivity index (χ4n) is 3.76. The van der Waals surface area contributed by atoms with Crippen LogP contribution in [0.5, 0.6) is 11.5 Å². The maximum absolute atomic E-state index is 12.8. The summed E-state index contributed by atoms with van der Waals surface area (Å²) < 4.78 is 16.7. The molecule has 8 heteroatoms. The van der Waals surface area contributed by atoms with Crippen molar-refractivity contribution in [1.82, 2.24) is 4.90 Å². The minimum absolute atomic E-state index is 0.0862. The summed E-state index contributed by atoms with van der Waals surface area (Å²) in [5.74, 6) is 0.908. The molecule has 0 spiro atoms. The zero-order valence-electron chi connectivity index (χ0n) is 18.5. The van der Waals surface area contributed by atoms with Gasteiger partial charge in [-0.15, -0.1) is 0 Å². The number of aryl methyl sites for hydroxylation is 1. The van der Waals surface area contributed by atoms with Crippen LogP contribution in [0.15, 0.2) is 42.5 Å². The first-order chi connectivity index (χ1) is 15.5. The number of carbonyl (C=O) groups excluding carboxylic acids is 2. The quantitative estimate of drug-likeness (QED) is 0.714. The first-order valence-corrected chi connectivity index (χ1v) is 10.9. The Hall–Kier alpha value is -3.10. The summed E-state index contributed by atoms with van der Waals surface area (Å²) >= 11 is 0. The van der Waals surface area contributed by atoms with Crippen LogP contribution in [0.3, 0.4) is 0 Å². The molecule has 2 aliphatic heterocycles. The molecule has 0 saturated carbocycles. The van der Waals surface area contributed by atoms with Gasteiger partial charge >= 0.3 is 0 Å². The van der Waals surface area contributed by atoms with E-state index >= 15 is 0 Å².